The number of hydrogen-bond acceptors (Lipinski definition) is 4. The molecule has 1 heterocycles. The second-order valence-corrected chi connectivity index (χ2v) is 5.31. The lowest BCUT2D eigenvalue weighted by molar-refractivity contribution is 0.243. The molecule has 0 unspecified atom stereocenters. The monoisotopic (exact) mass is 314 g/mol. The van der Waals surface area contributed by atoms with E-state index in [2.05, 4.69) is 26.1 Å². The van der Waals surface area contributed by atoms with E-state index in [1.165, 1.54) is 0 Å². The van der Waals surface area contributed by atoms with E-state index >= 15 is 0 Å². The molecule has 5 heteroatoms. The van der Waals surface area contributed by atoms with Crippen LogP contribution in [0.25, 0.3) is 0 Å². The zero-order valence-electron chi connectivity index (χ0n) is 10.6. The molecule has 0 aromatic heterocycles. The number of halogens is 1. The van der Waals surface area contributed by atoms with Gasteiger partial charge in [-0.2, -0.15) is 0 Å². The predicted octanol–water partition coefficient (Wildman–Crippen LogP) is 1.61. The normalized spacial score (nSPS) is 16.8. The average molecular weight is 315 g/mol. The van der Waals surface area contributed by atoms with Crippen molar-refractivity contribution in [3.05, 3.63) is 22.2 Å². The number of methoxy groups -OCH3 is 1. The van der Waals surface area contributed by atoms with E-state index in [0.717, 1.165) is 50.5 Å². The minimum Gasteiger partial charge on any atom is -0.506 e. The second-order valence-electron chi connectivity index (χ2n) is 4.46. The maximum atomic E-state index is 10.0. The molecule has 1 aromatic carbocycles. The zero-order chi connectivity index (χ0) is 13.0. The van der Waals surface area contributed by atoms with E-state index in [4.69, 9.17) is 4.74 Å². The van der Waals surface area contributed by atoms with Crippen molar-refractivity contribution in [2.45, 2.75) is 6.42 Å². The maximum Gasteiger partial charge on any atom is 0.133 e. The van der Waals surface area contributed by atoms with E-state index in [-0.39, 0.29) is 0 Å². The van der Waals surface area contributed by atoms with Crippen LogP contribution in [0.4, 0.5) is 0 Å². The predicted molar refractivity (Wildman–Crippen MR) is 75.4 cm³/mol. The number of phenolic OH excluding ortho intramolecular Hbond substituents is 1. The van der Waals surface area contributed by atoms with Crippen molar-refractivity contribution in [3.8, 4) is 11.5 Å². The van der Waals surface area contributed by atoms with Crippen LogP contribution in [0.1, 0.15) is 5.56 Å². The molecule has 1 aliphatic rings. The first-order valence-corrected chi connectivity index (χ1v) is 6.98. The van der Waals surface area contributed by atoms with Gasteiger partial charge in [-0.15, -0.1) is 0 Å². The molecule has 0 atom stereocenters. The number of nitrogens with zero attached hydrogens (tertiary/aromatic N) is 1. The average Bonchev–Trinajstić information content (AvgIpc) is 2.41. The summed E-state index contributed by atoms with van der Waals surface area (Å²) in [4.78, 5) is 2.41. The Morgan fingerprint density at radius 1 is 1.39 bits per heavy atom. The van der Waals surface area contributed by atoms with Gasteiger partial charge in [-0.1, -0.05) is 0 Å². The number of piperazine rings is 1. The van der Waals surface area contributed by atoms with Crippen molar-refractivity contribution >= 4 is 15.9 Å². The highest BCUT2D eigenvalue weighted by Gasteiger charge is 2.12. The van der Waals surface area contributed by atoms with Crippen molar-refractivity contribution in [2.24, 2.45) is 0 Å². The van der Waals surface area contributed by atoms with Gasteiger partial charge >= 0.3 is 0 Å². The lowest BCUT2D eigenvalue weighted by atomic mass is 10.1. The SMILES string of the molecule is COc1cc(Br)c(O)c(CCN2CCNCC2)c1. The van der Waals surface area contributed by atoms with Crippen molar-refractivity contribution < 1.29 is 9.84 Å². The van der Waals surface area contributed by atoms with Gasteiger partial charge in [-0.05, 0) is 40.0 Å². The molecule has 0 radical (unpaired) electrons. The lowest BCUT2D eigenvalue weighted by Crippen LogP contribution is -2.44. The Morgan fingerprint density at radius 2 is 2.11 bits per heavy atom. The molecule has 2 rings (SSSR count). The van der Waals surface area contributed by atoms with Crippen LogP contribution in [-0.4, -0.2) is 49.8 Å². The third kappa shape index (κ3) is 3.37. The molecule has 1 fully saturated rings. The van der Waals surface area contributed by atoms with Crippen molar-refractivity contribution in [1.82, 2.24) is 10.2 Å². The van der Waals surface area contributed by atoms with E-state index in [1.807, 2.05) is 6.07 Å². The Morgan fingerprint density at radius 3 is 2.78 bits per heavy atom. The summed E-state index contributed by atoms with van der Waals surface area (Å²) in [5.41, 5.74) is 0.930. The van der Waals surface area contributed by atoms with Gasteiger partial charge in [0.05, 0.1) is 11.6 Å². The standard InChI is InChI=1S/C13H19BrN2O2/c1-18-11-8-10(13(17)12(14)9-11)2-5-16-6-3-15-4-7-16/h8-9,15,17H,2-7H2,1H3. The van der Waals surface area contributed by atoms with Crippen LogP contribution in [0.5, 0.6) is 11.5 Å². The first kappa shape index (κ1) is 13.6. The van der Waals surface area contributed by atoms with Gasteiger partial charge in [0.2, 0.25) is 0 Å². The second kappa shape index (κ2) is 6.41. The number of rotatable bonds is 4. The van der Waals surface area contributed by atoms with E-state index in [9.17, 15) is 5.11 Å². The Balaban J connectivity index is 2.01. The Bertz CT molecular complexity index is 406. The molecule has 2 N–H and O–H groups in total. The molecule has 0 aliphatic carbocycles. The topological polar surface area (TPSA) is 44.7 Å². The first-order chi connectivity index (χ1) is 8.70. The van der Waals surface area contributed by atoms with Gasteiger partial charge in [0.25, 0.3) is 0 Å². The molecule has 1 aromatic rings. The molecule has 0 saturated carbocycles. The molecule has 1 aliphatic heterocycles. The highest BCUT2D eigenvalue weighted by atomic mass is 79.9. The van der Waals surface area contributed by atoms with Crippen LogP contribution < -0.4 is 10.1 Å². The first-order valence-electron chi connectivity index (χ1n) is 6.19. The minimum absolute atomic E-state index is 0.325. The van der Waals surface area contributed by atoms with Gasteiger partial charge in [-0.25, -0.2) is 0 Å². The highest BCUT2D eigenvalue weighted by molar-refractivity contribution is 9.10. The molecule has 0 spiro atoms. The molecule has 100 valence electrons. The smallest absolute Gasteiger partial charge is 0.133 e. The Hall–Kier alpha value is -0.780. The van der Waals surface area contributed by atoms with Crippen LogP contribution in [0.2, 0.25) is 0 Å². The molecule has 0 amide bonds. The van der Waals surface area contributed by atoms with E-state index in [0.29, 0.717) is 10.2 Å². The fourth-order valence-electron chi connectivity index (χ4n) is 2.15. The number of phenols is 1. The summed E-state index contributed by atoms with van der Waals surface area (Å²) in [6.45, 7) is 5.22. The number of hydrogen-bond donors (Lipinski definition) is 2. The van der Waals surface area contributed by atoms with Gasteiger partial charge in [-0.3, -0.25) is 0 Å². The van der Waals surface area contributed by atoms with Gasteiger partial charge in [0.1, 0.15) is 11.5 Å². The largest absolute Gasteiger partial charge is 0.506 e. The Labute approximate surface area is 116 Å². The molecule has 4 nitrogen and oxygen atoms in total. The summed E-state index contributed by atoms with van der Waals surface area (Å²) >= 11 is 3.35. The summed E-state index contributed by atoms with van der Waals surface area (Å²) in [6.07, 6.45) is 0.835. The molecule has 1 saturated heterocycles. The maximum absolute atomic E-state index is 10.0. The summed E-state index contributed by atoms with van der Waals surface area (Å²) in [5, 5.41) is 13.3. The summed E-state index contributed by atoms with van der Waals surface area (Å²) in [7, 11) is 1.64. The third-order valence-electron chi connectivity index (χ3n) is 3.26. The number of aromatic hydroxyl groups is 1. The van der Waals surface area contributed by atoms with Gasteiger partial charge in [0, 0.05) is 32.7 Å². The van der Waals surface area contributed by atoms with Crippen LogP contribution in [0.15, 0.2) is 16.6 Å². The van der Waals surface area contributed by atoms with Crippen LogP contribution in [0, 0.1) is 0 Å². The fraction of sp³-hybridized carbons (Fsp3) is 0.538. The van der Waals surface area contributed by atoms with Gasteiger partial charge in [0.15, 0.2) is 0 Å². The van der Waals surface area contributed by atoms with Crippen LogP contribution >= 0.6 is 15.9 Å². The summed E-state index contributed by atoms with van der Waals surface area (Å²) in [5.74, 6) is 1.10. The van der Waals surface area contributed by atoms with E-state index in [1.54, 1.807) is 13.2 Å². The summed E-state index contributed by atoms with van der Waals surface area (Å²) < 4.78 is 5.91. The van der Waals surface area contributed by atoms with Crippen molar-refractivity contribution in [3.63, 3.8) is 0 Å². The molecular formula is C13H19BrN2O2. The highest BCUT2D eigenvalue weighted by Crippen LogP contribution is 2.32. The number of benzene rings is 1. The van der Waals surface area contributed by atoms with Crippen LogP contribution in [0.3, 0.4) is 0 Å². The molecule has 18 heavy (non-hydrogen) atoms. The lowest BCUT2D eigenvalue weighted by Gasteiger charge is -2.27. The molecule has 0 bridgehead atoms. The van der Waals surface area contributed by atoms with E-state index < -0.39 is 0 Å². The minimum atomic E-state index is 0.325. The summed E-state index contributed by atoms with van der Waals surface area (Å²) in [6, 6.07) is 3.69. The fourth-order valence-corrected chi connectivity index (χ4v) is 2.63. The third-order valence-corrected chi connectivity index (χ3v) is 3.86. The number of nitrogens with one attached hydrogen (secondary N) is 1. The quantitative estimate of drug-likeness (QED) is 0.886. The number of ether oxygens (including phenoxy) is 1. The van der Waals surface area contributed by atoms with Crippen molar-refractivity contribution in [1.29, 1.82) is 0 Å². The van der Waals surface area contributed by atoms with Gasteiger partial charge < -0.3 is 20.1 Å². The zero-order valence-corrected chi connectivity index (χ0v) is 12.2. The Kier molecular flexibility index (Phi) is 4.86. The van der Waals surface area contributed by atoms with Crippen LogP contribution in [-0.2, 0) is 6.42 Å². The molecular weight excluding hydrogens is 296 g/mol. The van der Waals surface area contributed by atoms with Crippen molar-refractivity contribution in [2.75, 3.05) is 39.8 Å².